The first kappa shape index (κ1) is 16.3. The lowest BCUT2D eigenvalue weighted by Gasteiger charge is -2.26. The Morgan fingerprint density at radius 3 is 1.87 bits per heavy atom. The maximum absolute atomic E-state index is 3.28. The van der Waals surface area contributed by atoms with Gasteiger partial charge in [-0.25, -0.2) is 0 Å². The topological polar surface area (TPSA) is 0 Å². The maximum Gasteiger partial charge on any atom is 0.0249 e. The van der Waals surface area contributed by atoms with E-state index in [0.29, 0.717) is 0 Å². The molecule has 0 heterocycles. The van der Waals surface area contributed by atoms with Gasteiger partial charge in [0.05, 0.1) is 0 Å². The fraction of sp³-hybridized carbons (Fsp3) is 0.364. The Balaban J connectivity index is 1.66. The van der Waals surface area contributed by atoms with Crippen LogP contribution in [0.2, 0.25) is 0 Å². The molecule has 1 unspecified atom stereocenters. The zero-order valence-corrected chi connectivity index (χ0v) is 15.0. The van der Waals surface area contributed by atoms with E-state index in [2.05, 4.69) is 76.5 Å². The monoisotopic (exact) mass is 320 g/mol. The van der Waals surface area contributed by atoms with E-state index in [9.17, 15) is 0 Å². The second-order valence-corrected chi connectivity index (χ2v) is 7.14. The highest BCUT2D eigenvalue weighted by atomic mass is 31.0. The third kappa shape index (κ3) is 4.46. The summed E-state index contributed by atoms with van der Waals surface area (Å²) in [6.07, 6.45) is 6.43. The van der Waals surface area contributed by atoms with Crippen LogP contribution in [0.1, 0.15) is 60.8 Å². The van der Waals surface area contributed by atoms with Crippen molar-refractivity contribution >= 4 is 9.24 Å². The van der Waals surface area contributed by atoms with E-state index in [1.807, 2.05) is 0 Å². The van der Waals surface area contributed by atoms with Gasteiger partial charge in [0.1, 0.15) is 0 Å². The standard InChI is InChI=1S/C22H25P/c1-17-2-12-21(13-3-17)22-14-10-19(11-15-22)5-4-18-6-8-20(16-23)9-7-18/h6-11,14-15,17,21H,2-3,12-13,16,23H2,1H3. The van der Waals surface area contributed by atoms with E-state index in [1.165, 1.54) is 36.8 Å². The molecule has 1 aliphatic rings. The van der Waals surface area contributed by atoms with Gasteiger partial charge in [0, 0.05) is 11.1 Å². The molecule has 0 bridgehead atoms. The van der Waals surface area contributed by atoms with Crippen LogP contribution in [-0.2, 0) is 6.16 Å². The van der Waals surface area contributed by atoms with Crippen LogP contribution >= 0.6 is 9.24 Å². The largest absolute Gasteiger partial charge is 0.133 e. The maximum atomic E-state index is 3.28. The summed E-state index contributed by atoms with van der Waals surface area (Å²) in [6, 6.07) is 17.4. The van der Waals surface area contributed by atoms with Crippen LogP contribution in [0.4, 0.5) is 0 Å². The Labute approximate surface area is 142 Å². The van der Waals surface area contributed by atoms with Crippen LogP contribution in [0.15, 0.2) is 48.5 Å². The van der Waals surface area contributed by atoms with Gasteiger partial charge < -0.3 is 0 Å². The van der Waals surface area contributed by atoms with Gasteiger partial charge in [-0.1, -0.05) is 55.9 Å². The summed E-state index contributed by atoms with van der Waals surface area (Å²) in [5, 5.41) is 0. The summed E-state index contributed by atoms with van der Waals surface area (Å²) >= 11 is 0. The molecule has 2 aromatic carbocycles. The second kappa shape index (κ2) is 7.81. The van der Waals surface area contributed by atoms with Gasteiger partial charge in [0.25, 0.3) is 0 Å². The van der Waals surface area contributed by atoms with Crippen LogP contribution in [0, 0.1) is 17.8 Å². The van der Waals surface area contributed by atoms with Crippen molar-refractivity contribution in [2.24, 2.45) is 5.92 Å². The third-order valence-electron chi connectivity index (χ3n) is 4.94. The fourth-order valence-electron chi connectivity index (χ4n) is 3.30. The van der Waals surface area contributed by atoms with Gasteiger partial charge in [0.2, 0.25) is 0 Å². The molecule has 0 spiro atoms. The van der Waals surface area contributed by atoms with Crippen molar-refractivity contribution in [1.29, 1.82) is 0 Å². The number of rotatable bonds is 2. The summed E-state index contributed by atoms with van der Waals surface area (Å²) in [5.74, 6) is 8.21. The molecular formula is C22H25P. The molecule has 2 aromatic rings. The molecule has 1 heteroatoms. The predicted molar refractivity (Wildman–Crippen MR) is 103 cm³/mol. The molecule has 1 atom stereocenters. The second-order valence-electron chi connectivity index (χ2n) is 6.73. The average molecular weight is 320 g/mol. The van der Waals surface area contributed by atoms with E-state index in [4.69, 9.17) is 0 Å². The van der Waals surface area contributed by atoms with Crippen LogP contribution in [0.25, 0.3) is 0 Å². The Kier molecular flexibility index (Phi) is 5.53. The zero-order valence-electron chi connectivity index (χ0n) is 13.9. The lowest BCUT2D eigenvalue weighted by Crippen LogP contribution is -2.10. The first-order valence-electron chi connectivity index (χ1n) is 8.65. The van der Waals surface area contributed by atoms with Crippen molar-refractivity contribution < 1.29 is 0 Å². The Bertz CT molecular complexity index is 677. The van der Waals surface area contributed by atoms with Crippen molar-refractivity contribution in [3.63, 3.8) is 0 Å². The Morgan fingerprint density at radius 1 is 0.826 bits per heavy atom. The molecule has 0 aromatic heterocycles. The summed E-state index contributed by atoms with van der Waals surface area (Å²) in [4.78, 5) is 0. The van der Waals surface area contributed by atoms with Crippen molar-refractivity contribution in [3.05, 3.63) is 70.8 Å². The average Bonchev–Trinajstić information content (AvgIpc) is 2.61. The lowest BCUT2D eigenvalue weighted by molar-refractivity contribution is 0.348. The normalized spacial score (nSPS) is 20.6. The highest BCUT2D eigenvalue weighted by Crippen LogP contribution is 2.35. The predicted octanol–water partition coefficient (Wildman–Crippen LogP) is 5.76. The minimum atomic E-state index is 0.757. The number of hydrogen-bond donors (Lipinski definition) is 0. The van der Waals surface area contributed by atoms with E-state index < -0.39 is 0 Å². The molecule has 3 rings (SSSR count). The SMILES string of the molecule is CC1CCC(c2ccc(C#Cc3ccc(CP)cc3)cc2)CC1. The number of benzene rings is 2. The highest BCUT2D eigenvalue weighted by Gasteiger charge is 2.19. The van der Waals surface area contributed by atoms with Gasteiger partial charge in [-0.15, -0.1) is 9.24 Å². The summed E-state index contributed by atoms with van der Waals surface area (Å²) < 4.78 is 0. The summed E-state index contributed by atoms with van der Waals surface area (Å²) in [7, 11) is 2.75. The molecule has 1 aliphatic carbocycles. The molecule has 0 aliphatic heterocycles. The molecule has 0 saturated heterocycles. The van der Waals surface area contributed by atoms with Gasteiger partial charge in [-0.05, 0) is 66.2 Å². The van der Waals surface area contributed by atoms with Gasteiger partial charge >= 0.3 is 0 Å². The molecular weight excluding hydrogens is 295 g/mol. The van der Waals surface area contributed by atoms with Gasteiger partial charge in [0.15, 0.2) is 0 Å². The lowest BCUT2D eigenvalue weighted by atomic mass is 9.79. The van der Waals surface area contributed by atoms with Crippen molar-refractivity contribution in [2.75, 3.05) is 0 Å². The highest BCUT2D eigenvalue weighted by molar-refractivity contribution is 7.15. The smallest absolute Gasteiger partial charge is 0.0249 e. The number of hydrogen-bond acceptors (Lipinski definition) is 0. The van der Waals surface area contributed by atoms with E-state index in [-0.39, 0.29) is 0 Å². The molecule has 23 heavy (non-hydrogen) atoms. The van der Waals surface area contributed by atoms with Crippen molar-refractivity contribution in [2.45, 2.75) is 44.7 Å². The molecule has 0 amide bonds. The molecule has 0 N–H and O–H groups in total. The van der Waals surface area contributed by atoms with Crippen molar-refractivity contribution in [3.8, 4) is 11.8 Å². The quantitative estimate of drug-likeness (QED) is 0.488. The fourth-order valence-corrected chi connectivity index (χ4v) is 3.57. The van der Waals surface area contributed by atoms with E-state index in [0.717, 1.165) is 29.1 Å². The van der Waals surface area contributed by atoms with E-state index in [1.54, 1.807) is 0 Å². The molecule has 0 radical (unpaired) electrons. The Hall–Kier alpha value is -1.57. The molecule has 0 nitrogen and oxygen atoms in total. The van der Waals surface area contributed by atoms with Gasteiger partial charge in [-0.2, -0.15) is 0 Å². The summed E-state index contributed by atoms with van der Waals surface area (Å²) in [5.41, 5.74) is 5.00. The summed E-state index contributed by atoms with van der Waals surface area (Å²) in [6.45, 7) is 2.38. The molecule has 118 valence electrons. The minimum Gasteiger partial charge on any atom is -0.133 e. The van der Waals surface area contributed by atoms with E-state index >= 15 is 0 Å². The van der Waals surface area contributed by atoms with Crippen molar-refractivity contribution in [1.82, 2.24) is 0 Å². The van der Waals surface area contributed by atoms with Crippen LogP contribution < -0.4 is 0 Å². The molecule has 1 fully saturated rings. The van der Waals surface area contributed by atoms with Crippen LogP contribution in [0.3, 0.4) is 0 Å². The third-order valence-corrected chi connectivity index (χ3v) is 5.41. The zero-order chi connectivity index (χ0) is 16.1. The van der Waals surface area contributed by atoms with Crippen LogP contribution in [0.5, 0.6) is 0 Å². The Morgan fingerprint density at radius 2 is 1.35 bits per heavy atom. The first-order valence-corrected chi connectivity index (χ1v) is 9.47. The van der Waals surface area contributed by atoms with Crippen LogP contribution in [-0.4, -0.2) is 0 Å². The first-order chi connectivity index (χ1) is 11.2. The molecule has 1 saturated carbocycles. The van der Waals surface area contributed by atoms with Gasteiger partial charge in [-0.3, -0.25) is 0 Å². The minimum absolute atomic E-state index is 0.757.